The average Bonchev–Trinajstić information content (AvgIpc) is 1.88. The van der Waals surface area contributed by atoms with Gasteiger partial charge in [-0.2, -0.15) is 0 Å². The summed E-state index contributed by atoms with van der Waals surface area (Å²) in [6, 6.07) is 1.66. The first-order valence-electron chi connectivity index (χ1n) is 2.85. The molecule has 0 spiro atoms. The molecule has 0 saturated heterocycles. The second kappa shape index (κ2) is 2.84. The van der Waals surface area contributed by atoms with Gasteiger partial charge in [-0.15, -0.1) is 12.6 Å². The highest BCUT2D eigenvalue weighted by Crippen LogP contribution is 2.10. The first kappa shape index (κ1) is 7.28. The first-order chi connectivity index (χ1) is 4.72. The largest absolute Gasteiger partial charge is 0.294 e. The van der Waals surface area contributed by atoms with Crippen molar-refractivity contribution >= 4 is 18.4 Å². The monoisotopic (exact) mass is 153 g/mol. The van der Waals surface area contributed by atoms with Crippen LogP contribution in [0.5, 0.6) is 0 Å². The summed E-state index contributed by atoms with van der Waals surface area (Å²) in [4.78, 5) is 15.2. The zero-order chi connectivity index (χ0) is 7.56. The van der Waals surface area contributed by atoms with Crippen molar-refractivity contribution < 1.29 is 4.79 Å². The summed E-state index contributed by atoms with van der Waals surface area (Å²) in [6.07, 6.45) is 3.14. The molecule has 3 heteroatoms. The Morgan fingerprint density at radius 3 is 2.80 bits per heavy atom. The number of rotatable bonds is 1. The van der Waals surface area contributed by atoms with E-state index < -0.39 is 0 Å². The third-order valence-corrected chi connectivity index (χ3v) is 1.54. The van der Waals surface area contributed by atoms with Crippen molar-refractivity contribution in [1.29, 1.82) is 0 Å². The van der Waals surface area contributed by atoms with Gasteiger partial charge in [-0.25, -0.2) is 0 Å². The lowest BCUT2D eigenvalue weighted by atomic mass is 10.2. The number of pyridine rings is 1. The predicted molar refractivity (Wildman–Crippen MR) is 41.5 cm³/mol. The molecule has 0 aromatic carbocycles. The van der Waals surface area contributed by atoms with Gasteiger partial charge in [0, 0.05) is 22.9 Å². The lowest BCUT2D eigenvalue weighted by molar-refractivity contribution is 0.101. The molecule has 1 rings (SSSR count). The summed E-state index contributed by atoms with van der Waals surface area (Å²) in [7, 11) is 0. The van der Waals surface area contributed by atoms with Crippen molar-refractivity contribution in [2.24, 2.45) is 0 Å². The molecule has 0 N–H and O–H groups in total. The van der Waals surface area contributed by atoms with E-state index in [1.165, 1.54) is 6.92 Å². The molecule has 2 nitrogen and oxygen atoms in total. The van der Waals surface area contributed by atoms with E-state index in [0.29, 0.717) is 10.5 Å². The summed E-state index contributed by atoms with van der Waals surface area (Å²) in [5, 5.41) is 0. The van der Waals surface area contributed by atoms with E-state index in [9.17, 15) is 4.79 Å². The highest BCUT2D eigenvalue weighted by atomic mass is 32.1. The van der Waals surface area contributed by atoms with Crippen molar-refractivity contribution in [2.75, 3.05) is 0 Å². The van der Waals surface area contributed by atoms with Crippen LogP contribution >= 0.6 is 12.6 Å². The molecule has 0 bridgehead atoms. The van der Waals surface area contributed by atoms with Crippen LogP contribution in [0.15, 0.2) is 23.4 Å². The Kier molecular flexibility index (Phi) is 2.06. The van der Waals surface area contributed by atoms with Gasteiger partial charge < -0.3 is 0 Å². The zero-order valence-corrected chi connectivity index (χ0v) is 6.43. The van der Waals surface area contributed by atoms with Crippen LogP contribution in [-0.2, 0) is 0 Å². The molecule has 1 heterocycles. The normalized spacial score (nSPS) is 9.40. The van der Waals surface area contributed by atoms with E-state index in [-0.39, 0.29) is 5.78 Å². The molecule has 0 aliphatic rings. The smallest absolute Gasteiger partial charge is 0.161 e. The van der Waals surface area contributed by atoms with E-state index in [2.05, 4.69) is 17.6 Å². The van der Waals surface area contributed by atoms with E-state index >= 15 is 0 Å². The highest BCUT2D eigenvalue weighted by molar-refractivity contribution is 7.80. The lowest BCUT2D eigenvalue weighted by Crippen LogP contribution is -1.93. The molecule has 0 aliphatic heterocycles. The van der Waals surface area contributed by atoms with Crippen LogP contribution in [0.1, 0.15) is 17.3 Å². The Morgan fingerprint density at radius 1 is 1.70 bits per heavy atom. The van der Waals surface area contributed by atoms with Crippen LogP contribution in [-0.4, -0.2) is 10.8 Å². The van der Waals surface area contributed by atoms with Crippen molar-refractivity contribution in [1.82, 2.24) is 4.98 Å². The number of ketones is 1. The minimum atomic E-state index is 0.0207. The predicted octanol–water partition coefficient (Wildman–Crippen LogP) is 1.57. The van der Waals surface area contributed by atoms with Crippen LogP contribution in [0.25, 0.3) is 0 Å². The van der Waals surface area contributed by atoms with E-state index in [1.807, 2.05) is 0 Å². The standard InChI is InChI=1S/C7H7NOS/c1-5(9)6-2-3-8-4-7(6)10/h2-4,10H,1H3. The first-order valence-corrected chi connectivity index (χ1v) is 3.30. The van der Waals surface area contributed by atoms with Gasteiger partial charge in [-0.05, 0) is 13.0 Å². The van der Waals surface area contributed by atoms with Gasteiger partial charge in [-0.3, -0.25) is 9.78 Å². The minimum absolute atomic E-state index is 0.0207. The Labute approximate surface area is 64.7 Å². The van der Waals surface area contributed by atoms with Crippen LogP contribution in [0, 0.1) is 0 Å². The fourth-order valence-corrected chi connectivity index (χ4v) is 0.982. The zero-order valence-electron chi connectivity index (χ0n) is 5.53. The van der Waals surface area contributed by atoms with Crippen LogP contribution in [0.2, 0.25) is 0 Å². The molecule has 0 amide bonds. The molecule has 1 aromatic rings. The summed E-state index contributed by atoms with van der Waals surface area (Å²) < 4.78 is 0. The van der Waals surface area contributed by atoms with Gasteiger partial charge >= 0.3 is 0 Å². The number of thiol groups is 1. The second-order valence-electron chi connectivity index (χ2n) is 1.95. The Bertz CT molecular complexity index is 260. The molecular weight excluding hydrogens is 146 g/mol. The molecule has 0 fully saturated rings. The maximum Gasteiger partial charge on any atom is 0.161 e. The van der Waals surface area contributed by atoms with Crippen LogP contribution in [0.3, 0.4) is 0 Å². The number of hydrogen-bond donors (Lipinski definition) is 1. The number of carbonyl (C=O) groups excluding carboxylic acids is 1. The SMILES string of the molecule is CC(=O)c1ccncc1S. The van der Waals surface area contributed by atoms with E-state index in [0.717, 1.165) is 0 Å². The third-order valence-electron chi connectivity index (χ3n) is 1.18. The molecule has 0 radical (unpaired) electrons. The Balaban J connectivity index is 3.15. The average molecular weight is 153 g/mol. The van der Waals surface area contributed by atoms with E-state index in [4.69, 9.17) is 0 Å². The fraction of sp³-hybridized carbons (Fsp3) is 0.143. The van der Waals surface area contributed by atoms with Crippen LogP contribution in [0.4, 0.5) is 0 Å². The number of carbonyl (C=O) groups is 1. The molecule has 0 aliphatic carbocycles. The number of aromatic nitrogens is 1. The molecule has 10 heavy (non-hydrogen) atoms. The molecule has 1 aromatic heterocycles. The maximum absolute atomic E-state index is 10.8. The van der Waals surface area contributed by atoms with Gasteiger partial charge in [0.15, 0.2) is 5.78 Å². The molecule has 52 valence electrons. The number of nitrogens with zero attached hydrogens (tertiary/aromatic N) is 1. The number of hydrogen-bond acceptors (Lipinski definition) is 3. The Hall–Kier alpha value is -0.830. The maximum atomic E-state index is 10.8. The molecular formula is C7H7NOS. The van der Waals surface area contributed by atoms with Gasteiger partial charge in [0.05, 0.1) is 0 Å². The third kappa shape index (κ3) is 1.36. The highest BCUT2D eigenvalue weighted by Gasteiger charge is 2.01. The molecule has 0 atom stereocenters. The Morgan fingerprint density at radius 2 is 2.40 bits per heavy atom. The van der Waals surface area contributed by atoms with Gasteiger partial charge in [0.25, 0.3) is 0 Å². The minimum Gasteiger partial charge on any atom is -0.294 e. The second-order valence-corrected chi connectivity index (χ2v) is 2.43. The van der Waals surface area contributed by atoms with Gasteiger partial charge in [-0.1, -0.05) is 0 Å². The quantitative estimate of drug-likeness (QED) is 0.490. The summed E-state index contributed by atoms with van der Waals surface area (Å²) >= 11 is 4.05. The summed E-state index contributed by atoms with van der Waals surface area (Å²) in [6.45, 7) is 1.51. The van der Waals surface area contributed by atoms with Crippen molar-refractivity contribution in [3.05, 3.63) is 24.0 Å². The summed E-state index contributed by atoms with van der Waals surface area (Å²) in [5.74, 6) is 0.0207. The van der Waals surface area contributed by atoms with E-state index in [1.54, 1.807) is 18.5 Å². The van der Waals surface area contributed by atoms with Gasteiger partial charge in [0.2, 0.25) is 0 Å². The van der Waals surface area contributed by atoms with Crippen molar-refractivity contribution in [3.8, 4) is 0 Å². The lowest BCUT2D eigenvalue weighted by Gasteiger charge is -1.96. The van der Waals surface area contributed by atoms with Crippen molar-refractivity contribution in [2.45, 2.75) is 11.8 Å². The molecule has 0 unspecified atom stereocenters. The fourth-order valence-electron chi connectivity index (χ4n) is 0.684. The molecule has 0 saturated carbocycles. The summed E-state index contributed by atoms with van der Waals surface area (Å²) in [5.41, 5.74) is 0.623. The van der Waals surface area contributed by atoms with Crippen molar-refractivity contribution in [3.63, 3.8) is 0 Å². The number of Topliss-reactive ketones (excluding diaryl/α,β-unsaturated/α-hetero) is 1. The van der Waals surface area contributed by atoms with Gasteiger partial charge in [0.1, 0.15) is 0 Å². The topological polar surface area (TPSA) is 30.0 Å². The van der Waals surface area contributed by atoms with Crippen LogP contribution < -0.4 is 0 Å².